The fourth-order valence-electron chi connectivity index (χ4n) is 0.799. The van der Waals surface area contributed by atoms with E-state index in [0.29, 0.717) is 0 Å². The molecule has 1 saturated carbocycles. The van der Waals surface area contributed by atoms with E-state index in [1.165, 1.54) is 17.2 Å². The van der Waals surface area contributed by atoms with Crippen molar-refractivity contribution in [2.24, 2.45) is 0 Å². The number of rotatable bonds is 0. The van der Waals surface area contributed by atoms with Crippen LogP contribution in [0.5, 0.6) is 0 Å². The minimum Gasteiger partial charge on any atom is -0.199 e. The third-order valence-corrected chi connectivity index (χ3v) is 1.40. The summed E-state index contributed by atoms with van der Waals surface area (Å²) in [4.78, 5) is 0. The predicted molar refractivity (Wildman–Crippen MR) is 69.2 cm³/mol. The van der Waals surface area contributed by atoms with Gasteiger partial charge >= 0.3 is 53.2 Å². The van der Waals surface area contributed by atoms with Gasteiger partial charge in [-0.05, 0) is 32.1 Å². The summed E-state index contributed by atoms with van der Waals surface area (Å²) >= 11 is 4.53. The number of benzene rings is 1. The maximum atomic E-state index is 7.50. The van der Waals surface area contributed by atoms with Crippen LogP contribution in [0.4, 0.5) is 0 Å². The Bertz CT molecular complexity index is 255. The predicted octanol–water partition coefficient (Wildman–Crippen LogP) is 3.66. The monoisotopic (exact) mass is 478 g/mol. The van der Waals surface area contributed by atoms with E-state index < -0.39 is 0 Å². The Labute approximate surface area is 128 Å². The van der Waals surface area contributed by atoms with Gasteiger partial charge in [-0.25, -0.2) is 0 Å². The van der Waals surface area contributed by atoms with Crippen LogP contribution in [0.3, 0.4) is 0 Å². The molecule has 0 amide bonds. The van der Waals surface area contributed by atoms with Crippen molar-refractivity contribution in [1.29, 1.82) is 0 Å². The largest absolute Gasteiger partial charge is 0.199 e. The molecule has 4 heteroatoms. The average Bonchev–Trinajstić information content (AvgIpc) is 3.06. The van der Waals surface area contributed by atoms with Crippen LogP contribution in [0.2, 0.25) is 0 Å². The van der Waals surface area contributed by atoms with Crippen LogP contribution >= 0.6 is 13.4 Å². The van der Waals surface area contributed by atoms with E-state index >= 15 is 0 Å². The van der Waals surface area contributed by atoms with Crippen molar-refractivity contribution in [3.63, 3.8) is 0 Å². The van der Waals surface area contributed by atoms with Gasteiger partial charge in [0, 0.05) is 0 Å². The summed E-state index contributed by atoms with van der Waals surface area (Å²) < 4.78 is 15.0. The summed E-state index contributed by atoms with van der Waals surface area (Å²) in [5, 5.41) is 0. The minimum absolute atomic E-state index is 1.07. The summed E-state index contributed by atoms with van der Waals surface area (Å²) in [5.41, 5.74) is 1.07. The summed E-state index contributed by atoms with van der Waals surface area (Å²) in [7, 11) is 0. The first-order valence-electron chi connectivity index (χ1n) is 4.48. The first-order chi connectivity index (χ1) is 8.89. The Hall–Kier alpha value is -0.288. The zero-order valence-electron chi connectivity index (χ0n) is 9.55. The Morgan fingerprint density at radius 3 is 1.22 bits per heavy atom. The summed E-state index contributed by atoms with van der Waals surface area (Å²) in [6, 6.07) is 9.87. The molecule has 0 spiro atoms. The van der Waals surface area contributed by atoms with Crippen molar-refractivity contribution < 1.29 is 26.5 Å². The van der Waals surface area contributed by atoms with Crippen LogP contribution in [-0.4, -0.2) is 0 Å². The van der Waals surface area contributed by atoms with Crippen LogP contribution in [-0.2, 0) is 26.5 Å². The molecule has 0 N–H and O–H groups in total. The van der Waals surface area contributed by atoms with Crippen LogP contribution in [0.15, 0.2) is 30.3 Å². The standard InChI is InChI=1S/C7H7.C5H5.2CO.BrH.Re/c1-7-5-3-2-4-6-7;1-2-4-5-3-1;2*1-2;;/h2-6H,1H2;1-5H;;;1H;/q-1;;;;;+1/p-1. The van der Waals surface area contributed by atoms with E-state index in [-0.39, 0.29) is 0 Å². The molecule has 95 valence electrons. The minimum atomic E-state index is 1.07. The van der Waals surface area contributed by atoms with Gasteiger partial charge in [0.25, 0.3) is 0 Å². The molecule has 1 aromatic carbocycles. The Kier molecular flexibility index (Phi) is 32.4. The molecule has 0 atom stereocenters. The SMILES string of the molecule is [Br][Re].[C-]#[O+].[C-]#[O+].[CH2-]c1ccccc1.[CH]1[CH][CH][CH][CH]1. The fraction of sp³-hybridized carbons (Fsp3) is 0. The smallest absolute Gasteiger partial charge is 0.0312 e. The Morgan fingerprint density at radius 2 is 1.06 bits per heavy atom. The topological polar surface area (TPSA) is 39.8 Å². The Balaban J connectivity index is -0.000000181. The van der Waals surface area contributed by atoms with Crippen molar-refractivity contribution in [1.82, 2.24) is 0 Å². The molecule has 5 radical (unpaired) electrons. The van der Waals surface area contributed by atoms with Crippen LogP contribution < -0.4 is 0 Å². The van der Waals surface area contributed by atoms with Crippen molar-refractivity contribution >= 4 is 13.4 Å². The number of halogens is 1. The van der Waals surface area contributed by atoms with Gasteiger partial charge in [0.05, 0.1) is 0 Å². The molecule has 1 aliphatic carbocycles. The van der Waals surface area contributed by atoms with E-state index in [0.717, 1.165) is 5.56 Å². The zero-order chi connectivity index (χ0) is 14.6. The van der Waals surface area contributed by atoms with Crippen LogP contribution in [0.1, 0.15) is 5.56 Å². The molecule has 2 nitrogen and oxygen atoms in total. The molecule has 1 fully saturated rings. The van der Waals surface area contributed by atoms with Crippen LogP contribution in [0, 0.1) is 52.3 Å². The second kappa shape index (κ2) is 25.5. The van der Waals surface area contributed by atoms with Crippen molar-refractivity contribution in [3.05, 3.63) is 88.2 Å². The van der Waals surface area contributed by atoms with Crippen molar-refractivity contribution in [2.45, 2.75) is 0 Å². The first-order valence-corrected chi connectivity index (χ1v) is 10.4. The molecule has 2 rings (SSSR count). The Morgan fingerprint density at radius 1 is 0.778 bits per heavy atom. The normalized spacial score (nSPS) is 10.6. The van der Waals surface area contributed by atoms with Gasteiger partial charge in [0.1, 0.15) is 0 Å². The van der Waals surface area contributed by atoms with Gasteiger partial charge in [-0.2, -0.15) is 24.6 Å². The molecule has 0 bridgehead atoms. The van der Waals surface area contributed by atoms with E-state index in [1.54, 1.807) is 0 Å². The summed E-state index contributed by atoms with van der Waals surface area (Å²) in [5.74, 6) is 0. The third kappa shape index (κ3) is 21.0. The second-order valence-electron chi connectivity index (χ2n) is 2.45. The van der Waals surface area contributed by atoms with E-state index in [1.807, 2.05) is 62.4 Å². The number of hydrogen-bond donors (Lipinski definition) is 0. The van der Waals surface area contributed by atoms with Gasteiger partial charge in [-0.1, -0.05) is 6.07 Å². The summed E-state index contributed by atoms with van der Waals surface area (Å²) in [6.45, 7) is 12.7. The molecular formula is C14H12BrO2Re-. The van der Waals surface area contributed by atoms with E-state index in [2.05, 4.69) is 33.7 Å². The van der Waals surface area contributed by atoms with Crippen LogP contribution in [0.25, 0.3) is 0 Å². The maximum Gasteiger partial charge on any atom is -0.0312 e. The quantitative estimate of drug-likeness (QED) is 0.404. The molecule has 0 saturated heterocycles. The van der Waals surface area contributed by atoms with Crippen molar-refractivity contribution in [2.75, 3.05) is 0 Å². The first kappa shape index (κ1) is 22.9. The second-order valence-corrected chi connectivity index (χ2v) is 2.45. The molecule has 0 unspecified atom stereocenters. The molecule has 0 aromatic heterocycles. The fourth-order valence-corrected chi connectivity index (χ4v) is 0.799. The maximum absolute atomic E-state index is 7.50. The molecule has 0 aliphatic heterocycles. The molecule has 0 heterocycles. The van der Waals surface area contributed by atoms with Crippen molar-refractivity contribution in [3.8, 4) is 0 Å². The summed E-state index contributed by atoms with van der Waals surface area (Å²) in [6.07, 6.45) is 10.0. The molecular weight excluding hydrogens is 466 g/mol. The van der Waals surface area contributed by atoms with Gasteiger partial charge in [0.2, 0.25) is 0 Å². The molecule has 1 aliphatic rings. The van der Waals surface area contributed by atoms with E-state index in [9.17, 15) is 0 Å². The third-order valence-electron chi connectivity index (χ3n) is 1.40. The molecule has 1 aromatic rings. The average molecular weight is 478 g/mol. The van der Waals surface area contributed by atoms with Gasteiger partial charge in [-0.3, -0.25) is 0 Å². The zero-order valence-corrected chi connectivity index (χ0v) is 13.9. The molecule has 18 heavy (non-hydrogen) atoms. The van der Waals surface area contributed by atoms with Gasteiger partial charge in [-0.15, -0.1) is 12.1 Å². The van der Waals surface area contributed by atoms with E-state index in [4.69, 9.17) is 9.30 Å². The van der Waals surface area contributed by atoms with Gasteiger partial charge in [0.15, 0.2) is 0 Å². The number of hydrogen-bond acceptors (Lipinski definition) is 0. The van der Waals surface area contributed by atoms with Gasteiger partial charge < -0.3 is 0 Å².